The normalized spacial score (nSPS) is 11.0. The Hall–Kier alpha value is -1.27. The Morgan fingerprint density at radius 2 is 1.87 bits per heavy atom. The summed E-state index contributed by atoms with van der Waals surface area (Å²) in [4.78, 5) is 14.3. The van der Waals surface area contributed by atoms with Gasteiger partial charge < -0.3 is 14.4 Å². The van der Waals surface area contributed by atoms with Crippen LogP contribution in [0.5, 0.6) is 5.75 Å². The highest BCUT2D eigenvalue weighted by Gasteiger charge is 2.27. The van der Waals surface area contributed by atoms with Crippen LogP contribution in [0.1, 0.15) is 33.3 Å². The monoisotopic (exact) mass is 355 g/mol. The second kappa shape index (κ2) is 9.13. The summed E-state index contributed by atoms with van der Waals surface area (Å²) in [5.74, 6) is 0.829. The number of methoxy groups -OCH3 is 1. The summed E-state index contributed by atoms with van der Waals surface area (Å²) >= 11 is 6.03. The molecule has 0 aliphatic heterocycles. The van der Waals surface area contributed by atoms with Crippen molar-refractivity contribution >= 4 is 33.6 Å². The maximum atomic E-state index is 12.5. The minimum atomic E-state index is -0.279. The van der Waals surface area contributed by atoms with E-state index in [-0.39, 0.29) is 15.2 Å². The van der Waals surface area contributed by atoms with Crippen LogP contribution in [0.2, 0.25) is 0 Å². The van der Waals surface area contributed by atoms with Crippen LogP contribution in [0.3, 0.4) is 0 Å². The van der Waals surface area contributed by atoms with Crippen LogP contribution in [0.15, 0.2) is 24.3 Å². The molecule has 0 aliphatic rings. The zero-order valence-corrected chi connectivity index (χ0v) is 16.1. The third-order valence-electron chi connectivity index (χ3n) is 3.25. The van der Waals surface area contributed by atoms with E-state index in [4.69, 9.17) is 21.7 Å². The predicted octanol–water partition coefficient (Wildman–Crippen LogP) is 4.51. The lowest BCUT2D eigenvalue weighted by Crippen LogP contribution is -2.45. The Labute approximate surface area is 148 Å². The Bertz CT molecular complexity index is 524. The average molecular weight is 356 g/mol. The summed E-state index contributed by atoms with van der Waals surface area (Å²) < 4.78 is 10.6. The molecule has 0 saturated heterocycles. The van der Waals surface area contributed by atoms with E-state index >= 15 is 0 Å². The fourth-order valence-electron chi connectivity index (χ4n) is 2.01. The van der Waals surface area contributed by atoms with E-state index in [0.717, 1.165) is 29.5 Å². The molecule has 23 heavy (non-hydrogen) atoms. The number of carbonyl (C=O) groups is 1. The van der Waals surface area contributed by atoms with Crippen molar-refractivity contribution in [3.05, 3.63) is 29.8 Å². The minimum Gasteiger partial charge on any atom is -0.497 e. The van der Waals surface area contributed by atoms with Crippen LogP contribution in [-0.4, -0.2) is 40.3 Å². The number of amides is 1. The average Bonchev–Trinajstić information content (AvgIpc) is 2.46. The van der Waals surface area contributed by atoms with Crippen molar-refractivity contribution in [2.75, 3.05) is 20.3 Å². The van der Waals surface area contributed by atoms with Crippen molar-refractivity contribution < 1.29 is 14.3 Å². The standard InChI is InChI=1S/C17H25NO3S2/c1-6-21-16(22)23-15(19)18(17(2,3)4)12-11-13-7-9-14(20-5)10-8-13/h7-10H,6,11-12H2,1-5H3. The maximum Gasteiger partial charge on any atom is 0.290 e. The number of nitrogens with zero attached hydrogens (tertiary/aromatic N) is 1. The summed E-state index contributed by atoms with van der Waals surface area (Å²) in [6, 6.07) is 7.89. The van der Waals surface area contributed by atoms with E-state index in [9.17, 15) is 4.79 Å². The first-order chi connectivity index (χ1) is 10.8. The largest absolute Gasteiger partial charge is 0.497 e. The van der Waals surface area contributed by atoms with Gasteiger partial charge in [0, 0.05) is 23.8 Å². The van der Waals surface area contributed by atoms with Crippen LogP contribution < -0.4 is 4.74 Å². The van der Waals surface area contributed by atoms with Gasteiger partial charge in [0.1, 0.15) is 5.75 Å². The molecule has 1 amide bonds. The number of thiocarbonyl (C=S) groups is 1. The van der Waals surface area contributed by atoms with Gasteiger partial charge in [-0.1, -0.05) is 12.1 Å². The van der Waals surface area contributed by atoms with Gasteiger partial charge in [0.25, 0.3) is 5.24 Å². The van der Waals surface area contributed by atoms with Gasteiger partial charge in [-0.25, -0.2) is 0 Å². The van der Waals surface area contributed by atoms with E-state index in [2.05, 4.69) is 0 Å². The Kier molecular flexibility index (Phi) is 7.85. The number of rotatable bonds is 5. The molecule has 0 saturated carbocycles. The smallest absolute Gasteiger partial charge is 0.290 e. The van der Waals surface area contributed by atoms with Crippen LogP contribution in [0.4, 0.5) is 4.79 Å². The van der Waals surface area contributed by atoms with Gasteiger partial charge >= 0.3 is 0 Å². The number of carbonyl (C=O) groups excluding carboxylic acids is 1. The molecule has 0 aromatic heterocycles. The highest BCUT2D eigenvalue weighted by Crippen LogP contribution is 2.22. The lowest BCUT2D eigenvalue weighted by Gasteiger charge is -2.35. The Morgan fingerprint density at radius 3 is 2.35 bits per heavy atom. The van der Waals surface area contributed by atoms with Crippen LogP contribution in [0.25, 0.3) is 0 Å². The second-order valence-electron chi connectivity index (χ2n) is 5.97. The molecule has 1 aromatic rings. The number of ether oxygens (including phenoxy) is 2. The van der Waals surface area contributed by atoms with Crippen molar-refractivity contribution in [2.45, 2.75) is 39.7 Å². The molecule has 0 spiro atoms. The predicted molar refractivity (Wildman–Crippen MR) is 100 cm³/mol. The molecular formula is C17H25NO3S2. The summed E-state index contributed by atoms with van der Waals surface area (Å²) in [6.07, 6.45) is 0.773. The molecule has 0 N–H and O–H groups in total. The summed E-state index contributed by atoms with van der Waals surface area (Å²) in [5, 5.41) is -0.0792. The third kappa shape index (κ3) is 6.79. The van der Waals surface area contributed by atoms with Gasteiger partial charge in [-0.05, 0) is 64.0 Å². The third-order valence-corrected chi connectivity index (χ3v) is 4.29. The van der Waals surface area contributed by atoms with E-state index in [1.807, 2.05) is 56.9 Å². The number of hydrogen-bond acceptors (Lipinski definition) is 5. The summed E-state index contributed by atoms with van der Waals surface area (Å²) in [5.41, 5.74) is 0.878. The van der Waals surface area contributed by atoms with E-state index < -0.39 is 0 Å². The number of benzene rings is 1. The molecule has 0 atom stereocenters. The highest BCUT2D eigenvalue weighted by molar-refractivity contribution is 8.32. The molecule has 128 valence electrons. The lowest BCUT2D eigenvalue weighted by atomic mass is 10.1. The maximum absolute atomic E-state index is 12.5. The van der Waals surface area contributed by atoms with Crippen LogP contribution in [0, 0.1) is 0 Å². The molecule has 4 nitrogen and oxygen atoms in total. The van der Waals surface area contributed by atoms with Gasteiger partial charge in [-0.2, -0.15) is 0 Å². The zero-order chi connectivity index (χ0) is 17.5. The van der Waals surface area contributed by atoms with Gasteiger partial charge in [0.05, 0.1) is 13.7 Å². The molecule has 0 bridgehead atoms. The van der Waals surface area contributed by atoms with Crippen molar-refractivity contribution in [1.29, 1.82) is 0 Å². The quantitative estimate of drug-likeness (QED) is 0.727. The first kappa shape index (κ1) is 19.8. The molecule has 0 radical (unpaired) electrons. The van der Waals surface area contributed by atoms with Crippen molar-refractivity contribution in [2.24, 2.45) is 0 Å². The van der Waals surface area contributed by atoms with Crippen molar-refractivity contribution in [1.82, 2.24) is 4.90 Å². The van der Waals surface area contributed by atoms with Gasteiger partial charge in [-0.3, -0.25) is 4.79 Å². The molecule has 6 heteroatoms. The van der Waals surface area contributed by atoms with Gasteiger partial charge in [0.2, 0.25) is 4.38 Å². The van der Waals surface area contributed by atoms with Gasteiger partial charge in [-0.15, -0.1) is 0 Å². The van der Waals surface area contributed by atoms with Crippen LogP contribution >= 0.6 is 24.0 Å². The lowest BCUT2D eigenvalue weighted by molar-refractivity contribution is 0.169. The molecule has 1 aromatic carbocycles. The molecule has 1 rings (SSSR count). The highest BCUT2D eigenvalue weighted by atomic mass is 32.2. The summed E-state index contributed by atoms with van der Waals surface area (Å²) in [7, 11) is 1.65. The van der Waals surface area contributed by atoms with E-state index in [1.54, 1.807) is 7.11 Å². The second-order valence-corrected chi connectivity index (χ2v) is 7.52. The van der Waals surface area contributed by atoms with E-state index in [1.165, 1.54) is 0 Å². The Morgan fingerprint density at radius 1 is 1.26 bits per heavy atom. The number of thioether (sulfide) groups is 1. The fourth-order valence-corrected chi connectivity index (χ4v) is 3.13. The first-order valence-electron chi connectivity index (χ1n) is 7.57. The summed E-state index contributed by atoms with van der Waals surface area (Å²) in [6.45, 7) is 9.00. The molecule has 0 fully saturated rings. The van der Waals surface area contributed by atoms with Crippen LogP contribution in [-0.2, 0) is 11.2 Å². The zero-order valence-electron chi connectivity index (χ0n) is 14.4. The molecule has 0 unspecified atom stereocenters. The SMILES string of the molecule is CCOC(=S)SC(=O)N(CCc1ccc(OC)cc1)C(C)(C)C. The first-order valence-corrected chi connectivity index (χ1v) is 8.79. The van der Waals surface area contributed by atoms with Crippen molar-refractivity contribution in [3.63, 3.8) is 0 Å². The number of hydrogen-bond donors (Lipinski definition) is 0. The van der Waals surface area contributed by atoms with E-state index in [0.29, 0.717) is 13.2 Å². The molecular weight excluding hydrogens is 330 g/mol. The topological polar surface area (TPSA) is 38.8 Å². The Balaban J connectivity index is 2.71. The van der Waals surface area contributed by atoms with Gasteiger partial charge in [0.15, 0.2) is 0 Å². The van der Waals surface area contributed by atoms with Crippen molar-refractivity contribution in [3.8, 4) is 5.75 Å². The minimum absolute atomic E-state index is 0.0792. The fraction of sp³-hybridized carbons (Fsp3) is 0.529. The molecule has 0 aliphatic carbocycles. The molecule has 0 heterocycles.